The number of carbonyl (C=O) groups excluding carboxylic acids is 2. The molecule has 1 fully saturated rings. The fourth-order valence-corrected chi connectivity index (χ4v) is 3.26. The summed E-state index contributed by atoms with van der Waals surface area (Å²) in [5.74, 6) is -0.217. The molecule has 1 aromatic carbocycles. The minimum atomic E-state index is -0.142. The number of benzene rings is 1. The fraction of sp³-hybridized carbons (Fsp3) is 0.500. The second-order valence-electron chi connectivity index (χ2n) is 5.70. The number of nitrogens with zero attached hydrogens (tertiary/aromatic N) is 1. The molecule has 2 aliphatic heterocycles. The van der Waals surface area contributed by atoms with Crippen molar-refractivity contribution < 1.29 is 9.59 Å². The van der Waals surface area contributed by atoms with E-state index in [2.05, 4.69) is 5.32 Å². The molecule has 20 heavy (non-hydrogen) atoms. The Morgan fingerprint density at radius 2 is 2.05 bits per heavy atom. The lowest BCUT2D eigenvalue weighted by Crippen LogP contribution is -2.56. The van der Waals surface area contributed by atoms with Crippen LogP contribution in [0.4, 0.5) is 0 Å². The van der Waals surface area contributed by atoms with E-state index < -0.39 is 0 Å². The number of fused-ring (bicyclic) bond motifs is 1. The molecule has 2 amide bonds. The normalized spacial score (nSPS) is 24.4. The molecule has 0 bridgehead atoms. The maximum absolute atomic E-state index is 12.6. The molecule has 0 radical (unpaired) electrons. The third kappa shape index (κ3) is 2.24. The Balaban J connectivity index is 1.86. The molecule has 4 nitrogen and oxygen atoms in total. The van der Waals surface area contributed by atoms with Gasteiger partial charge in [0.15, 0.2) is 0 Å². The van der Waals surface area contributed by atoms with Gasteiger partial charge in [0.1, 0.15) is 0 Å². The van der Waals surface area contributed by atoms with Crippen molar-refractivity contribution in [2.75, 3.05) is 6.54 Å². The van der Waals surface area contributed by atoms with E-state index in [1.807, 2.05) is 31.2 Å². The van der Waals surface area contributed by atoms with Crippen LogP contribution >= 0.6 is 0 Å². The zero-order valence-corrected chi connectivity index (χ0v) is 11.8. The second-order valence-corrected chi connectivity index (χ2v) is 5.70. The van der Waals surface area contributed by atoms with Crippen molar-refractivity contribution in [3.8, 4) is 0 Å². The number of hydrogen-bond acceptors (Lipinski definition) is 3. The van der Waals surface area contributed by atoms with Crippen LogP contribution in [-0.4, -0.2) is 35.3 Å². The molecule has 2 heterocycles. The van der Waals surface area contributed by atoms with Crippen molar-refractivity contribution >= 4 is 11.8 Å². The number of imide groups is 1. The molecule has 1 aromatic rings. The highest BCUT2D eigenvalue weighted by Crippen LogP contribution is 2.24. The largest absolute Gasteiger partial charge is 0.312 e. The number of hydrogen-bond donors (Lipinski definition) is 1. The van der Waals surface area contributed by atoms with Crippen LogP contribution < -0.4 is 5.32 Å². The lowest BCUT2D eigenvalue weighted by molar-refractivity contribution is -0.130. The average Bonchev–Trinajstić information content (AvgIpc) is 2.48. The minimum absolute atomic E-state index is 0.0754. The Morgan fingerprint density at radius 1 is 1.25 bits per heavy atom. The molecule has 2 atom stereocenters. The highest BCUT2D eigenvalue weighted by atomic mass is 16.2. The monoisotopic (exact) mass is 272 g/mol. The van der Waals surface area contributed by atoms with Gasteiger partial charge < -0.3 is 5.32 Å². The van der Waals surface area contributed by atoms with Crippen molar-refractivity contribution in [3.63, 3.8) is 0 Å². The van der Waals surface area contributed by atoms with Gasteiger partial charge >= 0.3 is 0 Å². The van der Waals surface area contributed by atoms with Gasteiger partial charge in [-0.25, -0.2) is 0 Å². The molecular formula is C16H20N2O2. The van der Waals surface area contributed by atoms with Crippen LogP contribution in [0.15, 0.2) is 24.3 Å². The molecule has 1 saturated heterocycles. The highest BCUT2D eigenvalue weighted by Gasteiger charge is 2.37. The topological polar surface area (TPSA) is 49.4 Å². The summed E-state index contributed by atoms with van der Waals surface area (Å²) in [7, 11) is 0. The highest BCUT2D eigenvalue weighted by molar-refractivity contribution is 6.10. The Labute approximate surface area is 119 Å². The van der Waals surface area contributed by atoms with Crippen LogP contribution in [0.3, 0.4) is 0 Å². The van der Waals surface area contributed by atoms with Gasteiger partial charge in [-0.1, -0.05) is 24.6 Å². The average molecular weight is 272 g/mol. The smallest absolute Gasteiger partial charge is 0.261 e. The first-order chi connectivity index (χ1) is 9.68. The maximum atomic E-state index is 12.6. The molecule has 0 saturated carbocycles. The van der Waals surface area contributed by atoms with E-state index in [4.69, 9.17) is 0 Å². The third-order valence-electron chi connectivity index (χ3n) is 4.41. The fourth-order valence-electron chi connectivity index (χ4n) is 3.26. The summed E-state index contributed by atoms with van der Waals surface area (Å²) in [5.41, 5.74) is 1.53. The summed E-state index contributed by atoms with van der Waals surface area (Å²) in [6.45, 7) is 2.95. The Morgan fingerprint density at radius 3 is 2.80 bits per heavy atom. The Hall–Kier alpha value is -1.68. The molecule has 3 rings (SSSR count). The first kappa shape index (κ1) is 13.3. The van der Waals surface area contributed by atoms with E-state index in [9.17, 15) is 9.59 Å². The summed E-state index contributed by atoms with van der Waals surface area (Å²) in [6.07, 6.45) is 3.70. The molecule has 4 heteroatoms. The van der Waals surface area contributed by atoms with Gasteiger partial charge in [0.25, 0.3) is 5.91 Å². The van der Waals surface area contributed by atoms with Crippen molar-refractivity contribution in [1.82, 2.24) is 10.2 Å². The first-order valence-corrected chi connectivity index (χ1v) is 7.36. The summed E-state index contributed by atoms with van der Waals surface area (Å²) >= 11 is 0. The molecule has 0 aliphatic carbocycles. The predicted octanol–water partition coefficient (Wildman–Crippen LogP) is 1.74. The van der Waals surface area contributed by atoms with E-state index in [1.54, 1.807) is 0 Å². The van der Waals surface area contributed by atoms with E-state index >= 15 is 0 Å². The Kier molecular flexibility index (Phi) is 3.57. The molecule has 0 aromatic heterocycles. The first-order valence-electron chi connectivity index (χ1n) is 7.36. The second kappa shape index (κ2) is 5.37. The zero-order chi connectivity index (χ0) is 14.1. The lowest BCUT2D eigenvalue weighted by atomic mass is 9.93. The van der Waals surface area contributed by atoms with Gasteiger partial charge in [0.05, 0.1) is 12.5 Å². The number of amides is 2. The van der Waals surface area contributed by atoms with E-state index in [0.717, 1.165) is 24.9 Å². The van der Waals surface area contributed by atoms with Gasteiger partial charge in [0, 0.05) is 11.6 Å². The van der Waals surface area contributed by atoms with Crippen LogP contribution in [0.25, 0.3) is 0 Å². The predicted molar refractivity (Wildman–Crippen MR) is 76.4 cm³/mol. The van der Waals surface area contributed by atoms with E-state index in [1.165, 1.54) is 11.3 Å². The lowest BCUT2D eigenvalue weighted by Gasteiger charge is -2.38. The van der Waals surface area contributed by atoms with Gasteiger partial charge in [-0.2, -0.15) is 0 Å². The molecule has 106 valence electrons. The summed E-state index contributed by atoms with van der Waals surface area (Å²) < 4.78 is 0. The summed E-state index contributed by atoms with van der Waals surface area (Å²) in [4.78, 5) is 26.4. The quantitative estimate of drug-likeness (QED) is 0.834. The number of nitrogens with one attached hydrogen (secondary N) is 1. The van der Waals surface area contributed by atoms with E-state index in [0.29, 0.717) is 12.0 Å². The van der Waals surface area contributed by atoms with Crippen LogP contribution in [0.5, 0.6) is 0 Å². The molecule has 0 spiro atoms. The zero-order valence-electron chi connectivity index (χ0n) is 11.8. The van der Waals surface area contributed by atoms with Gasteiger partial charge in [-0.15, -0.1) is 0 Å². The number of piperidine rings is 1. The number of rotatable bonds is 2. The SMILES string of the molecule is CC(C1CCCCN1)N1C(=O)Cc2ccccc2C1=O. The van der Waals surface area contributed by atoms with Crippen molar-refractivity contribution in [2.45, 2.75) is 44.7 Å². The summed E-state index contributed by atoms with van der Waals surface area (Å²) in [5, 5.41) is 3.44. The molecule has 2 aliphatic rings. The molecular weight excluding hydrogens is 252 g/mol. The molecule has 2 unspecified atom stereocenters. The van der Waals surface area contributed by atoms with Crippen molar-refractivity contribution in [3.05, 3.63) is 35.4 Å². The number of carbonyl (C=O) groups is 2. The van der Waals surface area contributed by atoms with Crippen LogP contribution in [0.1, 0.15) is 42.1 Å². The van der Waals surface area contributed by atoms with Gasteiger partial charge in [0.2, 0.25) is 5.91 Å². The maximum Gasteiger partial charge on any atom is 0.261 e. The van der Waals surface area contributed by atoms with Crippen LogP contribution in [0.2, 0.25) is 0 Å². The van der Waals surface area contributed by atoms with Crippen LogP contribution in [0, 0.1) is 0 Å². The Bertz CT molecular complexity index is 535. The van der Waals surface area contributed by atoms with E-state index in [-0.39, 0.29) is 23.9 Å². The standard InChI is InChI=1S/C16H20N2O2/c1-11(14-8-4-5-9-17-14)18-15(19)10-12-6-2-3-7-13(12)16(18)20/h2-3,6-7,11,14,17H,4-5,8-10H2,1H3. The minimum Gasteiger partial charge on any atom is -0.312 e. The van der Waals surface area contributed by atoms with Gasteiger partial charge in [-0.3, -0.25) is 14.5 Å². The van der Waals surface area contributed by atoms with Crippen molar-refractivity contribution in [2.24, 2.45) is 0 Å². The van der Waals surface area contributed by atoms with Gasteiger partial charge in [-0.05, 0) is 37.9 Å². The van der Waals surface area contributed by atoms with Crippen LogP contribution in [-0.2, 0) is 11.2 Å². The third-order valence-corrected chi connectivity index (χ3v) is 4.41. The van der Waals surface area contributed by atoms with Crippen molar-refractivity contribution in [1.29, 1.82) is 0 Å². The molecule has 1 N–H and O–H groups in total. The summed E-state index contributed by atoms with van der Waals surface area (Å²) in [6, 6.07) is 7.56.